The van der Waals surface area contributed by atoms with Crippen molar-refractivity contribution in [3.8, 4) is 0 Å². The number of nitrogens with zero attached hydrogens (tertiary/aromatic N) is 1. The highest BCUT2D eigenvalue weighted by molar-refractivity contribution is 6.00. The van der Waals surface area contributed by atoms with Crippen LogP contribution in [0.4, 0.5) is 5.69 Å². The molecule has 1 atom stereocenters. The Morgan fingerprint density at radius 2 is 2.05 bits per heavy atom. The molecule has 0 radical (unpaired) electrons. The molecule has 21 heavy (non-hydrogen) atoms. The van der Waals surface area contributed by atoms with Crippen LogP contribution in [0, 0.1) is 0 Å². The number of anilines is 1. The van der Waals surface area contributed by atoms with Crippen molar-refractivity contribution in [1.82, 2.24) is 10.3 Å². The molecule has 2 rings (SSSR count). The van der Waals surface area contributed by atoms with Gasteiger partial charge in [0, 0.05) is 24.1 Å². The second-order valence-corrected chi connectivity index (χ2v) is 4.49. The predicted octanol–water partition coefficient (Wildman–Crippen LogP) is 0.382. The van der Waals surface area contributed by atoms with Gasteiger partial charge in [0.1, 0.15) is 11.7 Å². The van der Waals surface area contributed by atoms with Crippen molar-refractivity contribution < 1.29 is 19.8 Å². The number of aromatic nitrogens is 1. The van der Waals surface area contributed by atoms with Crippen molar-refractivity contribution in [2.24, 2.45) is 0 Å². The lowest BCUT2D eigenvalue weighted by molar-refractivity contribution is -0.139. The van der Waals surface area contributed by atoms with Gasteiger partial charge >= 0.3 is 5.97 Å². The van der Waals surface area contributed by atoms with Crippen LogP contribution in [0.15, 0.2) is 30.3 Å². The molecule has 0 unspecified atom stereocenters. The van der Waals surface area contributed by atoms with Crippen LogP contribution in [0.1, 0.15) is 16.9 Å². The molecular weight excluding hydrogens is 274 g/mol. The third-order valence-corrected chi connectivity index (χ3v) is 3.00. The summed E-state index contributed by atoms with van der Waals surface area (Å²) < 4.78 is 0. The van der Waals surface area contributed by atoms with E-state index in [4.69, 9.17) is 15.9 Å². The van der Waals surface area contributed by atoms with E-state index in [1.165, 1.54) is 6.07 Å². The summed E-state index contributed by atoms with van der Waals surface area (Å²) in [4.78, 5) is 27.2. The number of carbonyl (C=O) groups is 2. The average Bonchev–Trinajstić information content (AvgIpc) is 2.46. The molecule has 1 aromatic carbocycles. The molecule has 0 aliphatic carbocycles. The highest BCUT2D eigenvalue weighted by Crippen LogP contribution is 2.20. The zero-order valence-electron chi connectivity index (χ0n) is 11.1. The van der Waals surface area contributed by atoms with Gasteiger partial charge in [-0.3, -0.25) is 4.79 Å². The molecule has 1 heterocycles. The maximum atomic E-state index is 12.1. The standard InChI is InChI=1S/C14H15N3O4/c15-9-7-12(16-10-4-2-1-3-8(9)10)13(19)17-11(5-6-18)14(20)21/h1-4,7,11,18H,5-6H2,(H2,15,16)(H,17,19)(H,20,21)/t11-/m0/s1. The fraction of sp³-hybridized carbons (Fsp3) is 0.214. The number of hydrogen-bond donors (Lipinski definition) is 4. The van der Waals surface area contributed by atoms with E-state index in [2.05, 4.69) is 10.3 Å². The smallest absolute Gasteiger partial charge is 0.326 e. The van der Waals surface area contributed by atoms with Crippen LogP contribution < -0.4 is 11.1 Å². The third-order valence-electron chi connectivity index (χ3n) is 3.00. The van der Waals surface area contributed by atoms with Crippen molar-refractivity contribution in [3.05, 3.63) is 36.0 Å². The van der Waals surface area contributed by atoms with E-state index >= 15 is 0 Å². The summed E-state index contributed by atoms with van der Waals surface area (Å²) in [5.41, 5.74) is 6.85. The molecule has 0 saturated carbocycles. The maximum Gasteiger partial charge on any atom is 0.326 e. The molecule has 7 heteroatoms. The number of carboxylic acids is 1. The van der Waals surface area contributed by atoms with Crippen molar-refractivity contribution in [3.63, 3.8) is 0 Å². The summed E-state index contributed by atoms with van der Waals surface area (Å²) in [7, 11) is 0. The number of benzene rings is 1. The van der Waals surface area contributed by atoms with Gasteiger partial charge in [0.2, 0.25) is 0 Å². The van der Waals surface area contributed by atoms with Crippen LogP contribution in [0.25, 0.3) is 10.9 Å². The maximum absolute atomic E-state index is 12.1. The molecular formula is C14H15N3O4. The molecule has 110 valence electrons. The number of hydrogen-bond acceptors (Lipinski definition) is 5. The van der Waals surface area contributed by atoms with Crippen LogP contribution in [-0.4, -0.2) is 39.7 Å². The number of aliphatic hydroxyl groups excluding tert-OH is 1. The largest absolute Gasteiger partial charge is 0.480 e. The first kappa shape index (κ1) is 14.7. The Bertz CT molecular complexity index is 687. The lowest BCUT2D eigenvalue weighted by Crippen LogP contribution is -2.41. The Kier molecular flexibility index (Phi) is 4.34. The van der Waals surface area contributed by atoms with Gasteiger partial charge in [-0.15, -0.1) is 0 Å². The lowest BCUT2D eigenvalue weighted by atomic mass is 10.1. The quantitative estimate of drug-likeness (QED) is 0.630. The van der Waals surface area contributed by atoms with Crippen molar-refractivity contribution >= 4 is 28.5 Å². The number of carboxylic acid groups (broad SMARTS) is 1. The van der Waals surface area contributed by atoms with E-state index in [0.717, 1.165) is 5.39 Å². The summed E-state index contributed by atoms with van der Waals surface area (Å²) in [5, 5.41) is 20.8. The van der Waals surface area contributed by atoms with Gasteiger partial charge in [0.05, 0.1) is 5.52 Å². The van der Waals surface area contributed by atoms with Gasteiger partial charge in [0.15, 0.2) is 0 Å². The number of pyridine rings is 1. The molecule has 1 amide bonds. The molecule has 0 bridgehead atoms. The average molecular weight is 289 g/mol. The highest BCUT2D eigenvalue weighted by Gasteiger charge is 2.21. The van der Waals surface area contributed by atoms with Gasteiger partial charge in [-0.25, -0.2) is 9.78 Å². The van der Waals surface area contributed by atoms with E-state index in [-0.39, 0.29) is 18.7 Å². The number of fused-ring (bicyclic) bond motifs is 1. The van der Waals surface area contributed by atoms with Crippen LogP contribution in [0.3, 0.4) is 0 Å². The fourth-order valence-electron chi connectivity index (χ4n) is 1.94. The number of nitrogens with one attached hydrogen (secondary N) is 1. The van der Waals surface area contributed by atoms with E-state index in [0.29, 0.717) is 11.2 Å². The molecule has 0 spiro atoms. The van der Waals surface area contributed by atoms with Crippen molar-refractivity contribution in [2.75, 3.05) is 12.3 Å². The van der Waals surface area contributed by atoms with Gasteiger partial charge < -0.3 is 21.3 Å². The first-order valence-corrected chi connectivity index (χ1v) is 6.32. The van der Waals surface area contributed by atoms with Crippen LogP contribution in [-0.2, 0) is 4.79 Å². The fourth-order valence-corrected chi connectivity index (χ4v) is 1.94. The van der Waals surface area contributed by atoms with E-state index < -0.39 is 17.9 Å². The highest BCUT2D eigenvalue weighted by atomic mass is 16.4. The second kappa shape index (κ2) is 6.19. The predicted molar refractivity (Wildman–Crippen MR) is 76.7 cm³/mol. The molecule has 0 saturated heterocycles. The number of rotatable bonds is 5. The number of para-hydroxylation sites is 1. The number of nitrogen functional groups attached to an aromatic ring is 1. The monoisotopic (exact) mass is 289 g/mol. The normalized spacial score (nSPS) is 12.0. The number of amides is 1. The zero-order chi connectivity index (χ0) is 15.4. The minimum atomic E-state index is -1.22. The van der Waals surface area contributed by atoms with E-state index in [9.17, 15) is 9.59 Å². The SMILES string of the molecule is Nc1cc(C(=O)N[C@@H](CCO)C(=O)O)nc2ccccc12. The van der Waals surface area contributed by atoms with Crippen molar-refractivity contribution in [1.29, 1.82) is 0 Å². The molecule has 5 N–H and O–H groups in total. The third kappa shape index (κ3) is 3.26. The summed E-state index contributed by atoms with van der Waals surface area (Å²) in [6.07, 6.45) is -0.0792. The molecule has 0 fully saturated rings. The lowest BCUT2D eigenvalue weighted by Gasteiger charge is -2.13. The Morgan fingerprint density at radius 1 is 1.33 bits per heavy atom. The zero-order valence-corrected chi connectivity index (χ0v) is 11.1. The number of nitrogens with two attached hydrogens (primary N) is 1. The molecule has 0 aliphatic rings. The topological polar surface area (TPSA) is 126 Å². The summed E-state index contributed by atoms with van der Waals surface area (Å²) in [6, 6.07) is 7.30. The van der Waals surface area contributed by atoms with Crippen molar-refractivity contribution in [2.45, 2.75) is 12.5 Å². The summed E-state index contributed by atoms with van der Waals surface area (Å²) in [5.74, 6) is -1.86. The molecule has 2 aromatic rings. The summed E-state index contributed by atoms with van der Waals surface area (Å²) in [6.45, 7) is -0.343. The van der Waals surface area contributed by atoms with Crippen LogP contribution in [0.2, 0.25) is 0 Å². The first-order chi connectivity index (χ1) is 10.0. The number of carbonyl (C=O) groups excluding carboxylic acids is 1. The molecule has 1 aromatic heterocycles. The minimum absolute atomic E-state index is 0.0374. The van der Waals surface area contributed by atoms with E-state index in [1.54, 1.807) is 18.2 Å². The van der Waals surface area contributed by atoms with Gasteiger partial charge in [-0.1, -0.05) is 18.2 Å². The summed E-state index contributed by atoms with van der Waals surface area (Å²) >= 11 is 0. The molecule has 7 nitrogen and oxygen atoms in total. The van der Waals surface area contributed by atoms with Gasteiger partial charge in [0.25, 0.3) is 5.91 Å². The first-order valence-electron chi connectivity index (χ1n) is 6.32. The van der Waals surface area contributed by atoms with E-state index in [1.807, 2.05) is 6.07 Å². The Hall–Kier alpha value is -2.67. The number of aliphatic carboxylic acids is 1. The number of aliphatic hydroxyl groups is 1. The van der Waals surface area contributed by atoms with Gasteiger partial charge in [-0.2, -0.15) is 0 Å². The second-order valence-electron chi connectivity index (χ2n) is 4.49. The van der Waals surface area contributed by atoms with Gasteiger partial charge in [-0.05, 0) is 12.1 Å². The van der Waals surface area contributed by atoms with Crippen LogP contribution in [0.5, 0.6) is 0 Å². The Morgan fingerprint density at radius 3 is 2.71 bits per heavy atom. The minimum Gasteiger partial charge on any atom is -0.480 e. The Labute approximate surface area is 120 Å². The van der Waals surface area contributed by atoms with Crippen LogP contribution >= 0.6 is 0 Å². The Balaban J connectivity index is 2.29. The molecule has 0 aliphatic heterocycles.